The van der Waals surface area contributed by atoms with Crippen molar-refractivity contribution in [3.05, 3.63) is 28.4 Å². The number of hydrogen-bond donors (Lipinski definition) is 2. The highest BCUT2D eigenvalue weighted by atomic mass is 16.8. The summed E-state index contributed by atoms with van der Waals surface area (Å²) in [5, 5.41) is 0. The lowest BCUT2D eigenvalue weighted by Crippen LogP contribution is -2.44. The van der Waals surface area contributed by atoms with E-state index in [0.29, 0.717) is 16.6 Å². The van der Waals surface area contributed by atoms with Crippen molar-refractivity contribution in [2.45, 2.75) is 77.2 Å². The number of carbonyl (C=O) groups is 1. The lowest BCUT2D eigenvalue weighted by molar-refractivity contribution is -0.166. The highest BCUT2D eigenvalue weighted by Gasteiger charge is 2.59. The molecule has 2 N–H and O–H groups in total. The average Bonchev–Trinajstić information content (AvgIpc) is 3.18. The molecular weight excluding hydrogens is 364 g/mol. The van der Waals surface area contributed by atoms with Crippen LogP contribution >= 0.6 is 0 Å². The van der Waals surface area contributed by atoms with Gasteiger partial charge in [-0.2, -0.15) is 0 Å². The third-order valence-electron chi connectivity index (χ3n) is 5.11. The van der Waals surface area contributed by atoms with Gasteiger partial charge in [-0.25, -0.2) is 9.78 Å². The van der Waals surface area contributed by atoms with E-state index >= 15 is 0 Å². The molecule has 0 saturated carbocycles. The fraction of sp³-hybridized carbons (Fsp3) is 0.632. The molecule has 0 aliphatic carbocycles. The first-order valence-corrected chi connectivity index (χ1v) is 9.40. The minimum Gasteiger partial charge on any atom is -0.444 e. The highest BCUT2D eigenvalue weighted by Crippen LogP contribution is 2.48. The molecule has 2 aliphatic heterocycles. The van der Waals surface area contributed by atoms with Crippen molar-refractivity contribution >= 4 is 17.1 Å². The molecule has 2 saturated heterocycles. The van der Waals surface area contributed by atoms with E-state index in [4.69, 9.17) is 14.2 Å². The third-order valence-corrected chi connectivity index (χ3v) is 5.11. The van der Waals surface area contributed by atoms with E-state index in [2.05, 4.69) is 15.0 Å². The molecule has 9 heteroatoms. The summed E-state index contributed by atoms with van der Waals surface area (Å²) in [5.74, 6) is -0.765. The van der Waals surface area contributed by atoms with Crippen LogP contribution in [-0.4, -0.2) is 55.6 Å². The molecule has 2 aliphatic rings. The lowest BCUT2D eigenvalue weighted by atomic mass is 10.0. The molecule has 2 aromatic heterocycles. The predicted octanol–water partition coefficient (Wildman–Crippen LogP) is 2.45. The maximum atomic E-state index is 13.1. The van der Waals surface area contributed by atoms with Gasteiger partial charge in [0.05, 0.1) is 18.4 Å². The van der Waals surface area contributed by atoms with Crippen LogP contribution in [0.15, 0.2) is 17.3 Å². The molecule has 1 amide bonds. The minimum absolute atomic E-state index is 0.272. The number of aromatic nitrogens is 3. The highest BCUT2D eigenvalue weighted by molar-refractivity contribution is 5.80. The zero-order chi connectivity index (χ0) is 20.4. The molecule has 0 aromatic carbocycles. The first kappa shape index (κ1) is 18.9. The summed E-state index contributed by atoms with van der Waals surface area (Å²) in [6.45, 7) is 11.1. The van der Waals surface area contributed by atoms with Gasteiger partial charge in [-0.3, -0.25) is 9.69 Å². The van der Waals surface area contributed by atoms with Crippen LogP contribution in [0.25, 0.3) is 11.0 Å². The Morgan fingerprint density at radius 3 is 2.61 bits per heavy atom. The summed E-state index contributed by atoms with van der Waals surface area (Å²) in [6.07, 6.45) is 1.88. The zero-order valence-electron chi connectivity index (χ0n) is 16.9. The van der Waals surface area contributed by atoms with E-state index in [1.807, 2.05) is 41.5 Å². The van der Waals surface area contributed by atoms with Gasteiger partial charge in [0.15, 0.2) is 5.79 Å². The third kappa shape index (κ3) is 2.98. The standard InChI is InChI=1S/C19H26N4O5/c1-9-14-15(27-19(5,6)26-14)13(23(9)17(25)28-18(2,3)4)10-7-20-12-11(10)21-8-22-16(12)24/h7-9,13-15,20H,1-6H3,(H,21,22,24)/t9-,13+,14-,15+/m1/s1. The van der Waals surface area contributed by atoms with E-state index in [1.54, 1.807) is 11.1 Å². The molecular formula is C19H26N4O5. The van der Waals surface area contributed by atoms with Crippen molar-refractivity contribution in [2.24, 2.45) is 0 Å². The van der Waals surface area contributed by atoms with E-state index in [9.17, 15) is 9.59 Å². The molecule has 152 valence electrons. The van der Waals surface area contributed by atoms with E-state index in [1.165, 1.54) is 6.33 Å². The minimum atomic E-state index is -0.765. The number of nitrogens with zero attached hydrogens (tertiary/aromatic N) is 2. The van der Waals surface area contributed by atoms with E-state index in [0.717, 1.165) is 0 Å². The Morgan fingerprint density at radius 2 is 1.93 bits per heavy atom. The number of rotatable bonds is 1. The van der Waals surface area contributed by atoms with Crippen LogP contribution in [0.1, 0.15) is 53.1 Å². The van der Waals surface area contributed by atoms with Crippen LogP contribution in [0.2, 0.25) is 0 Å². The fourth-order valence-corrected chi connectivity index (χ4v) is 4.12. The van der Waals surface area contributed by atoms with Gasteiger partial charge >= 0.3 is 6.09 Å². The number of likely N-dealkylation sites (tertiary alicyclic amines) is 1. The van der Waals surface area contributed by atoms with Crippen LogP contribution in [0.4, 0.5) is 4.79 Å². The first-order valence-electron chi connectivity index (χ1n) is 9.40. The number of hydrogen-bond acceptors (Lipinski definition) is 6. The SMILES string of the molecule is C[C@@H]1[C@H]2OC(C)(C)O[C@H]2[C@H](c2c[nH]c3c(=O)[nH]cnc23)N1C(=O)OC(C)(C)C. The summed E-state index contributed by atoms with van der Waals surface area (Å²) < 4.78 is 17.9. The quantitative estimate of drug-likeness (QED) is 0.774. The van der Waals surface area contributed by atoms with Crippen LogP contribution in [-0.2, 0) is 14.2 Å². The zero-order valence-corrected chi connectivity index (χ0v) is 16.9. The van der Waals surface area contributed by atoms with Crippen LogP contribution in [0, 0.1) is 0 Å². The van der Waals surface area contributed by atoms with Crippen LogP contribution in [0.5, 0.6) is 0 Å². The van der Waals surface area contributed by atoms with Gasteiger partial charge in [0.25, 0.3) is 5.56 Å². The van der Waals surface area contributed by atoms with Crippen molar-refractivity contribution < 1.29 is 19.0 Å². The van der Waals surface area contributed by atoms with Crippen molar-refractivity contribution in [1.29, 1.82) is 0 Å². The smallest absolute Gasteiger partial charge is 0.411 e. The summed E-state index contributed by atoms with van der Waals surface area (Å²) in [6, 6.07) is -0.779. The Morgan fingerprint density at radius 1 is 1.25 bits per heavy atom. The van der Waals surface area contributed by atoms with E-state index in [-0.39, 0.29) is 17.7 Å². The van der Waals surface area contributed by atoms with Crippen molar-refractivity contribution in [2.75, 3.05) is 0 Å². The molecule has 0 bridgehead atoms. The Kier molecular flexibility index (Phi) is 4.10. The Balaban J connectivity index is 1.82. The van der Waals surface area contributed by atoms with Gasteiger partial charge in [0.2, 0.25) is 0 Å². The maximum Gasteiger partial charge on any atom is 0.411 e. The van der Waals surface area contributed by atoms with Gasteiger partial charge in [-0.1, -0.05) is 0 Å². The predicted molar refractivity (Wildman–Crippen MR) is 101 cm³/mol. The topological polar surface area (TPSA) is 110 Å². The van der Waals surface area contributed by atoms with Crippen LogP contribution < -0.4 is 5.56 Å². The Bertz CT molecular complexity index is 973. The maximum absolute atomic E-state index is 13.1. The first-order chi connectivity index (χ1) is 13.0. The fourth-order valence-electron chi connectivity index (χ4n) is 4.12. The molecule has 4 heterocycles. The normalized spacial score (nSPS) is 29.3. The number of fused-ring (bicyclic) bond motifs is 2. The number of ether oxygens (including phenoxy) is 3. The number of nitrogens with one attached hydrogen (secondary N) is 2. The van der Waals surface area contributed by atoms with Crippen molar-refractivity contribution in [1.82, 2.24) is 19.9 Å². The number of H-pyrrole nitrogens is 2. The molecule has 9 nitrogen and oxygen atoms in total. The van der Waals surface area contributed by atoms with Gasteiger partial charge in [-0.05, 0) is 41.5 Å². The van der Waals surface area contributed by atoms with Gasteiger partial charge in [-0.15, -0.1) is 0 Å². The molecule has 0 unspecified atom stereocenters. The molecule has 2 fully saturated rings. The second-order valence-corrected chi connectivity index (χ2v) is 8.84. The summed E-state index contributed by atoms with van der Waals surface area (Å²) in [7, 11) is 0. The van der Waals surface area contributed by atoms with Crippen molar-refractivity contribution in [3.63, 3.8) is 0 Å². The number of aromatic amines is 2. The second-order valence-electron chi connectivity index (χ2n) is 8.84. The van der Waals surface area contributed by atoms with Crippen LogP contribution in [0.3, 0.4) is 0 Å². The van der Waals surface area contributed by atoms with E-state index < -0.39 is 29.6 Å². The van der Waals surface area contributed by atoms with Crippen molar-refractivity contribution in [3.8, 4) is 0 Å². The summed E-state index contributed by atoms with van der Waals surface area (Å²) in [4.78, 5) is 36.7. The molecule has 4 atom stereocenters. The van der Waals surface area contributed by atoms with Gasteiger partial charge in [0.1, 0.15) is 28.8 Å². The largest absolute Gasteiger partial charge is 0.444 e. The summed E-state index contributed by atoms with van der Waals surface area (Å²) >= 11 is 0. The summed E-state index contributed by atoms with van der Waals surface area (Å²) in [5.41, 5.74) is 0.647. The van der Waals surface area contributed by atoms with Gasteiger partial charge < -0.3 is 24.2 Å². The number of amides is 1. The Hall–Kier alpha value is -2.39. The second kappa shape index (κ2) is 6.05. The molecule has 2 aromatic rings. The lowest BCUT2D eigenvalue weighted by Gasteiger charge is -2.34. The monoisotopic (exact) mass is 390 g/mol. The molecule has 28 heavy (non-hydrogen) atoms. The Labute approximate surface area is 162 Å². The van der Waals surface area contributed by atoms with Gasteiger partial charge in [0, 0.05) is 11.8 Å². The molecule has 0 spiro atoms. The number of carbonyl (C=O) groups excluding carboxylic acids is 1. The average molecular weight is 390 g/mol. The molecule has 0 radical (unpaired) electrons. The molecule has 4 rings (SSSR count).